The number of aryl methyl sites for hydroxylation is 1. The van der Waals surface area contributed by atoms with Crippen LogP contribution in [0.3, 0.4) is 0 Å². The zero-order valence-corrected chi connectivity index (χ0v) is 16.9. The molecule has 1 aromatic heterocycles. The molecule has 0 spiro atoms. The Kier molecular flexibility index (Phi) is 6.68. The zero-order chi connectivity index (χ0) is 19.9. The molecule has 28 heavy (non-hydrogen) atoms. The molecule has 0 radical (unpaired) electrons. The number of hydrogen-bond acceptors (Lipinski definition) is 5. The number of hydrogen-bond donors (Lipinski definition) is 1. The van der Waals surface area contributed by atoms with Crippen molar-refractivity contribution < 1.29 is 9.53 Å². The number of nitrogens with one attached hydrogen (secondary N) is 1. The molecular weight excluding hydrogens is 354 g/mol. The van der Waals surface area contributed by atoms with Crippen molar-refractivity contribution in [2.75, 3.05) is 37.7 Å². The van der Waals surface area contributed by atoms with Gasteiger partial charge in [-0.15, -0.1) is 0 Å². The Balaban J connectivity index is 1.50. The van der Waals surface area contributed by atoms with E-state index in [1.807, 2.05) is 42.2 Å². The van der Waals surface area contributed by atoms with Gasteiger partial charge in [-0.2, -0.15) is 0 Å². The summed E-state index contributed by atoms with van der Waals surface area (Å²) in [4.78, 5) is 25.2. The van der Waals surface area contributed by atoms with Gasteiger partial charge < -0.3 is 19.9 Å². The van der Waals surface area contributed by atoms with Gasteiger partial charge in [0.05, 0.1) is 6.61 Å². The van der Waals surface area contributed by atoms with Crippen molar-refractivity contribution in [1.29, 1.82) is 0 Å². The maximum Gasteiger partial charge on any atom is 0.317 e. The van der Waals surface area contributed by atoms with E-state index in [9.17, 15) is 4.79 Å². The second kappa shape index (κ2) is 9.39. The molecule has 150 valence electrons. The van der Waals surface area contributed by atoms with Crippen LogP contribution in [0.25, 0.3) is 0 Å². The Morgan fingerprint density at radius 1 is 1.18 bits per heavy atom. The summed E-state index contributed by atoms with van der Waals surface area (Å²) in [5, 5.41) is 3.02. The van der Waals surface area contributed by atoms with Crippen LogP contribution in [-0.2, 0) is 6.54 Å². The van der Waals surface area contributed by atoms with Crippen LogP contribution in [0.4, 0.5) is 10.6 Å². The maximum absolute atomic E-state index is 12.6. The fourth-order valence-electron chi connectivity index (χ4n) is 3.09. The van der Waals surface area contributed by atoms with Crippen molar-refractivity contribution in [3.8, 4) is 5.75 Å². The van der Waals surface area contributed by atoms with Crippen molar-refractivity contribution >= 4 is 11.8 Å². The van der Waals surface area contributed by atoms with E-state index in [0.717, 1.165) is 36.0 Å². The monoisotopic (exact) mass is 383 g/mol. The van der Waals surface area contributed by atoms with E-state index in [-0.39, 0.29) is 6.03 Å². The fraction of sp³-hybridized carbons (Fsp3) is 0.476. The van der Waals surface area contributed by atoms with Gasteiger partial charge in [0.25, 0.3) is 0 Å². The van der Waals surface area contributed by atoms with Gasteiger partial charge in [-0.3, -0.25) is 0 Å². The number of carbonyl (C=O) groups is 1. The number of anilines is 1. The van der Waals surface area contributed by atoms with Gasteiger partial charge >= 0.3 is 6.03 Å². The number of ether oxygens (including phenoxy) is 1. The first-order chi connectivity index (χ1) is 13.5. The Morgan fingerprint density at radius 2 is 1.93 bits per heavy atom. The second-order valence-corrected chi connectivity index (χ2v) is 7.41. The third kappa shape index (κ3) is 5.34. The Hall–Kier alpha value is -2.83. The van der Waals surface area contributed by atoms with E-state index in [2.05, 4.69) is 34.0 Å². The van der Waals surface area contributed by atoms with Crippen LogP contribution < -0.4 is 15.0 Å². The number of amides is 2. The molecule has 1 saturated heterocycles. The average molecular weight is 383 g/mol. The molecule has 2 heterocycles. The van der Waals surface area contributed by atoms with Crippen molar-refractivity contribution in [1.82, 2.24) is 20.2 Å². The predicted molar refractivity (Wildman–Crippen MR) is 110 cm³/mol. The molecule has 1 fully saturated rings. The molecule has 0 bridgehead atoms. The lowest BCUT2D eigenvalue weighted by molar-refractivity contribution is 0.193. The number of piperazine rings is 1. The van der Waals surface area contributed by atoms with Crippen LogP contribution >= 0.6 is 0 Å². The average Bonchev–Trinajstić information content (AvgIpc) is 2.71. The molecule has 2 aromatic rings. The molecule has 0 unspecified atom stereocenters. The molecule has 0 atom stereocenters. The summed E-state index contributed by atoms with van der Waals surface area (Å²) in [5.41, 5.74) is 0.992. The van der Waals surface area contributed by atoms with Crippen molar-refractivity contribution in [3.05, 3.63) is 47.9 Å². The van der Waals surface area contributed by atoms with Crippen molar-refractivity contribution in [2.24, 2.45) is 5.92 Å². The molecule has 1 aliphatic heterocycles. The molecule has 2 amide bonds. The summed E-state index contributed by atoms with van der Waals surface area (Å²) in [6, 6.07) is 9.73. The fourth-order valence-corrected chi connectivity index (χ4v) is 3.09. The predicted octanol–water partition coefficient (Wildman–Crippen LogP) is 2.85. The summed E-state index contributed by atoms with van der Waals surface area (Å²) in [6.07, 6.45) is 1.77. The topological polar surface area (TPSA) is 70.6 Å². The number of aromatic nitrogens is 2. The van der Waals surface area contributed by atoms with Crippen LogP contribution in [-0.4, -0.2) is 53.7 Å². The number of rotatable bonds is 6. The van der Waals surface area contributed by atoms with E-state index < -0.39 is 0 Å². The van der Waals surface area contributed by atoms with Crippen molar-refractivity contribution in [3.63, 3.8) is 0 Å². The zero-order valence-electron chi connectivity index (χ0n) is 16.9. The highest BCUT2D eigenvalue weighted by Gasteiger charge is 2.22. The lowest BCUT2D eigenvalue weighted by Gasteiger charge is -2.35. The number of para-hydroxylation sites is 1. The number of benzene rings is 1. The largest absolute Gasteiger partial charge is 0.493 e. The van der Waals surface area contributed by atoms with E-state index in [1.54, 1.807) is 6.20 Å². The number of nitrogens with zero attached hydrogens (tertiary/aromatic N) is 4. The van der Waals surface area contributed by atoms with Crippen LogP contribution in [0.5, 0.6) is 5.75 Å². The van der Waals surface area contributed by atoms with E-state index in [1.165, 1.54) is 0 Å². The second-order valence-electron chi connectivity index (χ2n) is 7.41. The summed E-state index contributed by atoms with van der Waals surface area (Å²) in [6.45, 7) is 10.1. The van der Waals surface area contributed by atoms with Crippen LogP contribution in [0.15, 0.2) is 36.5 Å². The lowest BCUT2D eigenvalue weighted by atomic mass is 10.2. The minimum absolute atomic E-state index is 0.0443. The van der Waals surface area contributed by atoms with Crippen molar-refractivity contribution in [2.45, 2.75) is 27.3 Å². The molecule has 3 rings (SSSR count). The summed E-state index contributed by atoms with van der Waals surface area (Å²) < 4.78 is 5.87. The van der Waals surface area contributed by atoms with Gasteiger partial charge in [-0.1, -0.05) is 32.0 Å². The van der Waals surface area contributed by atoms with Gasteiger partial charge in [0.1, 0.15) is 17.4 Å². The standard InChI is InChI=1S/C21H29N5O2/c1-16(2)15-28-19-7-5-4-6-18(19)14-23-21(27)26-12-10-25(11-13-26)20-8-9-22-17(3)24-20/h4-9,16H,10-15H2,1-3H3,(H,23,27). The van der Waals surface area contributed by atoms with Gasteiger partial charge in [0.2, 0.25) is 0 Å². The molecule has 1 aliphatic rings. The van der Waals surface area contributed by atoms with Crippen LogP contribution in [0.1, 0.15) is 25.2 Å². The number of urea groups is 1. The Bertz CT molecular complexity index is 788. The van der Waals surface area contributed by atoms with Gasteiger partial charge in [0.15, 0.2) is 0 Å². The lowest BCUT2D eigenvalue weighted by Crippen LogP contribution is -2.52. The highest BCUT2D eigenvalue weighted by Crippen LogP contribution is 2.19. The van der Waals surface area contributed by atoms with E-state index >= 15 is 0 Å². The van der Waals surface area contributed by atoms with E-state index in [4.69, 9.17) is 4.74 Å². The summed E-state index contributed by atoms with van der Waals surface area (Å²) >= 11 is 0. The minimum atomic E-state index is -0.0443. The summed E-state index contributed by atoms with van der Waals surface area (Å²) in [5.74, 6) is 2.97. The van der Waals surface area contributed by atoms with Crippen LogP contribution in [0, 0.1) is 12.8 Å². The van der Waals surface area contributed by atoms with Gasteiger partial charge in [-0.05, 0) is 25.0 Å². The molecule has 0 aliphatic carbocycles. The molecule has 7 nitrogen and oxygen atoms in total. The first-order valence-corrected chi connectivity index (χ1v) is 9.81. The Morgan fingerprint density at radius 3 is 2.64 bits per heavy atom. The van der Waals surface area contributed by atoms with Gasteiger partial charge in [-0.25, -0.2) is 14.8 Å². The Labute approximate surface area is 166 Å². The first-order valence-electron chi connectivity index (χ1n) is 9.81. The first kappa shape index (κ1) is 19.9. The SMILES string of the molecule is Cc1nccc(N2CCN(C(=O)NCc3ccccc3OCC(C)C)CC2)n1. The van der Waals surface area contributed by atoms with Crippen LogP contribution in [0.2, 0.25) is 0 Å². The molecule has 1 aromatic carbocycles. The minimum Gasteiger partial charge on any atom is -0.493 e. The molecule has 0 saturated carbocycles. The number of carbonyl (C=O) groups excluding carboxylic acids is 1. The third-order valence-electron chi connectivity index (χ3n) is 4.63. The molecule has 1 N–H and O–H groups in total. The quantitative estimate of drug-likeness (QED) is 0.831. The highest BCUT2D eigenvalue weighted by molar-refractivity contribution is 5.74. The third-order valence-corrected chi connectivity index (χ3v) is 4.63. The summed E-state index contributed by atoms with van der Waals surface area (Å²) in [7, 11) is 0. The molecular formula is C21H29N5O2. The van der Waals surface area contributed by atoms with Gasteiger partial charge in [0, 0.05) is 44.5 Å². The smallest absolute Gasteiger partial charge is 0.317 e. The molecule has 7 heteroatoms. The maximum atomic E-state index is 12.6. The van der Waals surface area contributed by atoms with E-state index in [0.29, 0.717) is 32.2 Å². The highest BCUT2D eigenvalue weighted by atomic mass is 16.5. The normalized spacial score (nSPS) is 14.3.